The Bertz CT molecular complexity index is 997. The van der Waals surface area contributed by atoms with E-state index in [9.17, 15) is 9.18 Å². The lowest BCUT2D eigenvalue weighted by molar-refractivity contribution is -0.186. The molecule has 168 valence electrons. The van der Waals surface area contributed by atoms with Crippen LogP contribution in [0.5, 0.6) is 5.75 Å². The maximum absolute atomic E-state index is 13.2. The minimum atomic E-state index is -0.668. The lowest BCUT2D eigenvalue weighted by Crippen LogP contribution is -2.43. The number of hydrogen-bond acceptors (Lipinski definition) is 7. The molecule has 7 nitrogen and oxygen atoms in total. The predicted octanol–water partition coefficient (Wildman–Crippen LogP) is 3.48. The Morgan fingerprint density at radius 2 is 1.84 bits per heavy atom. The molecule has 1 saturated heterocycles. The van der Waals surface area contributed by atoms with E-state index in [4.69, 9.17) is 19.9 Å². The van der Waals surface area contributed by atoms with Gasteiger partial charge in [-0.05, 0) is 49.2 Å². The summed E-state index contributed by atoms with van der Waals surface area (Å²) in [4.78, 5) is 13.2. The molecule has 2 fully saturated rings. The maximum atomic E-state index is 13.2. The first kappa shape index (κ1) is 21.1. The van der Waals surface area contributed by atoms with Gasteiger partial charge < -0.3 is 19.9 Å². The van der Waals surface area contributed by atoms with Crippen molar-refractivity contribution >= 4 is 17.7 Å². The van der Waals surface area contributed by atoms with Crippen molar-refractivity contribution in [3.8, 4) is 5.75 Å². The van der Waals surface area contributed by atoms with Crippen LogP contribution in [0.3, 0.4) is 0 Å². The van der Waals surface area contributed by atoms with E-state index in [2.05, 4.69) is 5.10 Å². The van der Waals surface area contributed by atoms with Gasteiger partial charge in [-0.15, -0.1) is 0 Å². The Morgan fingerprint density at radius 1 is 1.12 bits per heavy atom. The number of benzene rings is 2. The molecular formula is C24H26FN3O4. The van der Waals surface area contributed by atoms with Crippen LogP contribution < -0.4 is 15.5 Å². The number of halogens is 1. The highest BCUT2D eigenvalue weighted by atomic mass is 19.1. The lowest BCUT2D eigenvalue weighted by atomic mass is 9.91. The second-order valence-corrected chi connectivity index (χ2v) is 8.42. The summed E-state index contributed by atoms with van der Waals surface area (Å²) in [6.07, 6.45) is 4.23. The van der Waals surface area contributed by atoms with E-state index in [1.165, 1.54) is 17.1 Å². The van der Waals surface area contributed by atoms with Crippen LogP contribution in [0.1, 0.15) is 36.0 Å². The quantitative estimate of drug-likeness (QED) is 0.718. The van der Waals surface area contributed by atoms with Crippen molar-refractivity contribution in [2.24, 2.45) is 16.8 Å². The molecule has 2 aliphatic heterocycles. The Hall–Kier alpha value is -2.81. The molecule has 2 atom stereocenters. The third kappa shape index (κ3) is 4.13. The molecule has 3 aliphatic rings. The number of Topliss-reactive ketones (excluding diaryl/α,β-unsaturated/α-hetero) is 1. The third-order valence-electron chi connectivity index (χ3n) is 6.33. The summed E-state index contributed by atoms with van der Waals surface area (Å²) in [5, 5.41) is 5.82. The van der Waals surface area contributed by atoms with Crippen LogP contribution in [0.25, 0.3) is 0 Å². The number of nitrogens with zero attached hydrogens (tertiary/aromatic N) is 2. The molecule has 2 aromatic rings. The zero-order chi connectivity index (χ0) is 22.1. The van der Waals surface area contributed by atoms with Gasteiger partial charge in [-0.1, -0.05) is 12.1 Å². The van der Waals surface area contributed by atoms with Crippen LogP contribution in [-0.2, 0) is 9.47 Å². The summed E-state index contributed by atoms with van der Waals surface area (Å²) in [5.74, 6) is -0.852. The number of hydrazone groups is 1. The van der Waals surface area contributed by atoms with E-state index in [0.717, 1.165) is 25.7 Å². The minimum Gasteiger partial charge on any atom is -0.490 e. The predicted molar refractivity (Wildman–Crippen MR) is 117 cm³/mol. The van der Waals surface area contributed by atoms with E-state index < -0.39 is 17.9 Å². The van der Waals surface area contributed by atoms with E-state index >= 15 is 0 Å². The monoisotopic (exact) mass is 439 g/mol. The number of rotatable bonds is 5. The molecule has 5 rings (SSSR count). The first-order valence-corrected chi connectivity index (χ1v) is 11.0. The van der Waals surface area contributed by atoms with Crippen molar-refractivity contribution < 1.29 is 23.4 Å². The minimum absolute atomic E-state index is 0.0584. The number of nitrogens with two attached hydrogens (primary N) is 1. The molecule has 0 aromatic heterocycles. The van der Waals surface area contributed by atoms with Gasteiger partial charge in [0, 0.05) is 24.6 Å². The average molecular weight is 439 g/mol. The first-order chi connectivity index (χ1) is 15.5. The standard InChI is InChI=1S/C24H26FN3O4/c25-17-4-6-18(7-5-17)28-23(26)21(15-27-28)22(29)16-2-1-3-20(14-16)32-19-8-10-24(11-9-19)30-12-13-31-24/h1-7,14-15,19,21,23H,8-13,26H2. The molecule has 0 radical (unpaired) electrons. The smallest absolute Gasteiger partial charge is 0.174 e. The molecule has 1 aliphatic carbocycles. The van der Waals surface area contributed by atoms with Gasteiger partial charge in [-0.25, -0.2) is 9.40 Å². The Morgan fingerprint density at radius 3 is 2.56 bits per heavy atom. The molecule has 0 bridgehead atoms. The number of ketones is 1. The highest BCUT2D eigenvalue weighted by Crippen LogP contribution is 2.37. The largest absolute Gasteiger partial charge is 0.490 e. The number of carbonyl (C=O) groups is 1. The van der Waals surface area contributed by atoms with Gasteiger partial charge in [-0.3, -0.25) is 4.79 Å². The maximum Gasteiger partial charge on any atom is 0.174 e. The van der Waals surface area contributed by atoms with Gasteiger partial charge in [-0.2, -0.15) is 5.10 Å². The SMILES string of the molecule is NC1C(C(=O)c2cccc(OC3CCC4(CC3)OCCO4)c2)C=NN1c1ccc(F)cc1. The van der Waals surface area contributed by atoms with Crippen molar-refractivity contribution in [1.82, 2.24) is 0 Å². The van der Waals surface area contributed by atoms with E-state index in [1.54, 1.807) is 30.5 Å². The lowest BCUT2D eigenvalue weighted by Gasteiger charge is -2.35. The number of carbonyl (C=O) groups excluding carboxylic acids is 1. The second-order valence-electron chi connectivity index (χ2n) is 8.42. The molecule has 2 N–H and O–H groups in total. The normalized spacial score (nSPS) is 24.9. The summed E-state index contributed by atoms with van der Waals surface area (Å²) in [6.45, 7) is 1.31. The highest BCUT2D eigenvalue weighted by molar-refractivity contribution is 6.08. The number of ether oxygens (including phenoxy) is 3. The molecule has 2 unspecified atom stereocenters. The van der Waals surface area contributed by atoms with Gasteiger partial charge in [0.05, 0.1) is 30.9 Å². The Balaban J connectivity index is 1.23. The van der Waals surface area contributed by atoms with Crippen LogP contribution >= 0.6 is 0 Å². The zero-order valence-corrected chi connectivity index (χ0v) is 17.7. The van der Waals surface area contributed by atoms with Gasteiger partial charge in [0.25, 0.3) is 0 Å². The van der Waals surface area contributed by atoms with Gasteiger partial charge in [0.15, 0.2) is 11.6 Å². The molecule has 8 heteroatoms. The Kier molecular flexibility index (Phi) is 5.67. The average Bonchev–Trinajstić information content (AvgIpc) is 3.43. The van der Waals surface area contributed by atoms with Crippen LogP contribution in [0, 0.1) is 11.7 Å². The van der Waals surface area contributed by atoms with Crippen molar-refractivity contribution in [2.75, 3.05) is 18.2 Å². The molecule has 0 amide bonds. The summed E-state index contributed by atoms with van der Waals surface area (Å²) in [5.41, 5.74) is 7.46. The van der Waals surface area contributed by atoms with Gasteiger partial charge in [0.1, 0.15) is 17.7 Å². The van der Waals surface area contributed by atoms with Crippen LogP contribution in [0.15, 0.2) is 53.6 Å². The zero-order valence-electron chi connectivity index (χ0n) is 17.7. The van der Waals surface area contributed by atoms with Crippen molar-refractivity contribution in [2.45, 2.75) is 43.7 Å². The van der Waals surface area contributed by atoms with E-state index in [0.29, 0.717) is 30.2 Å². The van der Waals surface area contributed by atoms with Crippen LogP contribution in [0.4, 0.5) is 10.1 Å². The Labute approximate surface area is 185 Å². The van der Waals surface area contributed by atoms with E-state index in [-0.39, 0.29) is 17.7 Å². The fourth-order valence-corrected chi connectivity index (χ4v) is 4.56. The van der Waals surface area contributed by atoms with Crippen LogP contribution in [-0.4, -0.2) is 43.3 Å². The second kappa shape index (κ2) is 8.61. The summed E-state index contributed by atoms with van der Waals surface area (Å²) >= 11 is 0. The first-order valence-electron chi connectivity index (χ1n) is 11.0. The van der Waals surface area contributed by atoms with Crippen molar-refractivity contribution in [1.29, 1.82) is 0 Å². The molecule has 32 heavy (non-hydrogen) atoms. The number of anilines is 1. The van der Waals surface area contributed by atoms with Crippen molar-refractivity contribution in [3.05, 3.63) is 59.9 Å². The van der Waals surface area contributed by atoms with Crippen LogP contribution in [0.2, 0.25) is 0 Å². The molecule has 1 spiro atoms. The van der Waals surface area contributed by atoms with Gasteiger partial charge >= 0.3 is 0 Å². The topological polar surface area (TPSA) is 86.4 Å². The summed E-state index contributed by atoms with van der Waals surface area (Å²) < 4.78 is 30.9. The molecule has 1 saturated carbocycles. The van der Waals surface area contributed by atoms with Gasteiger partial charge in [0.2, 0.25) is 0 Å². The highest BCUT2D eigenvalue weighted by Gasteiger charge is 2.41. The third-order valence-corrected chi connectivity index (χ3v) is 6.33. The molecular weight excluding hydrogens is 413 g/mol. The summed E-state index contributed by atoms with van der Waals surface area (Å²) in [7, 11) is 0. The number of hydrogen-bond donors (Lipinski definition) is 1. The fourth-order valence-electron chi connectivity index (χ4n) is 4.56. The molecule has 2 heterocycles. The van der Waals surface area contributed by atoms with Crippen molar-refractivity contribution in [3.63, 3.8) is 0 Å². The molecule has 2 aromatic carbocycles. The fraction of sp³-hybridized carbons (Fsp3) is 0.417. The summed E-state index contributed by atoms with van der Waals surface area (Å²) in [6, 6.07) is 13.0. The van der Waals surface area contributed by atoms with E-state index in [1.807, 2.05) is 12.1 Å².